The van der Waals surface area contributed by atoms with Gasteiger partial charge >= 0.3 is 6.36 Å². The summed E-state index contributed by atoms with van der Waals surface area (Å²) in [5.74, 6) is 0.275. The fourth-order valence-corrected chi connectivity index (χ4v) is 3.36. The molecule has 29 heavy (non-hydrogen) atoms. The molecule has 3 aromatic rings. The zero-order valence-corrected chi connectivity index (χ0v) is 15.5. The maximum atomic E-state index is 12.7. The highest BCUT2D eigenvalue weighted by molar-refractivity contribution is 5.95. The molecule has 5 nitrogen and oxygen atoms in total. The standard InChI is InChI=1S/C21H17F3N4O/c1-12(13-6-7-13)26-20-16-9-8-14(10-17(16)27-28-18(20)11-25)15-4-2-3-5-19(15)29-21(22,23)24/h2-5,8-10,12-13H,6-7H2,1H3,(H,26,27)/t12-/m1/s1. The van der Waals surface area contributed by atoms with Crippen LogP contribution in [0.5, 0.6) is 5.75 Å². The number of fused-ring (bicyclic) bond motifs is 1. The van der Waals surface area contributed by atoms with E-state index < -0.39 is 6.36 Å². The van der Waals surface area contributed by atoms with Gasteiger partial charge < -0.3 is 10.1 Å². The minimum Gasteiger partial charge on any atom is -0.405 e. The number of nitriles is 1. The number of aromatic nitrogens is 2. The number of alkyl halides is 3. The van der Waals surface area contributed by atoms with Crippen molar-refractivity contribution in [1.82, 2.24) is 10.2 Å². The van der Waals surface area contributed by atoms with Gasteiger partial charge in [0.1, 0.15) is 11.8 Å². The van der Waals surface area contributed by atoms with Crippen molar-refractivity contribution in [2.75, 3.05) is 5.32 Å². The maximum absolute atomic E-state index is 12.7. The first-order chi connectivity index (χ1) is 13.9. The number of ether oxygens (including phenoxy) is 1. The monoisotopic (exact) mass is 398 g/mol. The lowest BCUT2D eigenvalue weighted by atomic mass is 10.0. The zero-order chi connectivity index (χ0) is 20.6. The molecule has 1 fully saturated rings. The minimum atomic E-state index is -4.79. The van der Waals surface area contributed by atoms with E-state index in [1.165, 1.54) is 12.1 Å². The molecule has 1 aliphatic carbocycles. The number of nitrogens with zero attached hydrogens (tertiary/aromatic N) is 3. The normalized spacial score (nSPS) is 15.0. The predicted octanol–water partition coefficient (Wildman–Crippen LogP) is 5.28. The highest BCUT2D eigenvalue weighted by Crippen LogP contribution is 2.38. The first-order valence-corrected chi connectivity index (χ1v) is 9.18. The van der Waals surface area contributed by atoms with E-state index in [4.69, 9.17) is 0 Å². The summed E-state index contributed by atoms with van der Waals surface area (Å²) in [6.07, 6.45) is -2.50. The molecule has 1 heterocycles. The molecule has 1 aliphatic rings. The second kappa shape index (κ2) is 7.24. The highest BCUT2D eigenvalue weighted by atomic mass is 19.4. The lowest BCUT2D eigenvalue weighted by Crippen LogP contribution is -2.19. The summed E-state index contributed by atoms with van der Waals surface area (Å²) in [7, 11) is 0. The van der Waals surface area contributed by atoms with Crippen molar-refractivity contribution < 1.29 is 17.9 Å². The second-order valence-electron chi connectivity index (χ2n) is 7.08. The zero-order valence-electron chi connectivity index (χ0n) is 15.5. The van der Waals surface area contributed by atoms with E-state index in [0.29, 0.717) is 33.6 Å². The third kappa shape index (κ3) is 4.09. The van der Waals surface area contributed by atoms with Crippen molar-refractivity contribution in [3.05, 3.63) is 48.2 Å². The summed E-state index contributed by atoms with van der Waals surface area (Å²) in [4.78, 5) is 0. The second-order valence-corrected chi connectivity index (χ2v) is 7.08. The van der Waals surface area contributed by atoms with Gasteiger partial charge in [0.2, 0.25) is 0 Å². The summed E-state index contributed by atoms with van der Waals surface area (Å²) in [6, 6.07) is 13.3. The van der Waals surface area contributed by atoms with Crippen molar-refractivity contribution in [2.45, 2.75) is 32.2 Å². The van der Waals surface area contributed by atoms with E-state index in [1.54, 1.807) is 30.3 Å². The van der Waals surface area contributed by atoms with Gasteiger partial charge in [-0.15, -0.1) is 23.4 Å². The van der Waals surface area contributed by atoms with Crippen LogP contribution < -0.4 is 10.1 Å². The summed E-state index contributed by atoms with van der Waals surface area (Å²) < 4.78 is 42.4. The third-order valence-electron chi connectivity index (χ3n) is 4.99. The molecule has 0 spiro atoms. The van der Waals surface area contributed by atoms with Gasteiger partial charge in [-0.3, -0.25) is 0 Å². The quantitative estimate of drug-likeness (QED) is 0.633. The molecule has 0 aliphatic heterocycles. The van der Waals surface area contributed by atoms with Gasteiger partial charge in [0, 0.05) is 17.0 Å². The Bertz CT molecular complexity index is 1100. The van der Waals surface area contributed by atoms with Crippen LogP contribution in [0, 0.1) is 17.2 Å². The van der Waals surface area contributed by atoms with Crippen LogP contribution in [0.4, 0.5) is 18.9 Å². The summed E-state index contributed by atoms with van der Waals surface area (Å²) >= 11 is 0. The number of halogens is 3. The predicted molar refractivity (Wildman–Crippen MR) is 102 cm³/mol. The van der Waals surface area contributed by atoms with Crippen molar-refractivity contribution in [1.29, 1.82) is 5.26 Å². The summed E-state index contributed by atoms with van der Waals surface area (Å²) in [5.41, 5.74) is 2.08. The number of benzene rings is 2. The van der Waals surface area contributed by atoms with Crippen LogP contribution in [0.2, 0.25) is 0 Å². The summed E-state index contributed by atoms with van der Waals surface area (Å²) in [6.45, 7) is 2.06. The van der Waals surface area contributed by atoms with E-state index >= 15 is 0 Å². The molecular formula is C21H17F3N4O. The van der Waals surface area contributed by atoms with Crippen molar-refractivity contribution in [3.63, 3.8) is 0 Å². The molecule has 8 heteroatoms. The van der Waals surface area contributed by atoms with Crippen molar-refractivity contribution in [2.24, 2.45) is 5.92 Å². The Morgan fingerprint density at radius 1 is 1.17 bits per heavy atom. The van der Waals surface area contributed by atoms with Crippen LogP contribution in [0.15, 0.2) is 42.5 Å². The summed E-state index contributed by atoms with van der Waals surface area (Å²) in [5, 5.41) is 21.6. The van der Waals surface area contributed by atoms with Gasteiger partial charge in [0.05, 0.1) is 11.2 Å². The molecule has 1 atom stereocenters. The number of rotatable bonds is 5. The van der Waals surface area contributed by atoms with Gasteiger partial charge in [0.15, 0.2) is 5.69 Å². The lowest BCUT2D eigenvalue weighted by Gasteiger charge is -2.17. The number of hydrogen-bond donors (Lipinski definition) is 1. The van der Waals surface area contributed by atoms with Gasteiger partial charge in [-0.1, -0.05) is 24.3 Å². The fourth-order valence-electron chi connectivity index (χ4n) is 3.36. The van der Waals surface area contributed by atoms with E-state index in [9.17, 15) is 18.4 Å². The maximum Gasteiger partial charge on any atom is 0.573 e. The third-order valence-corrected chi connectivity index (χ3v) is 4.99. The SMILES string of the molecule is C[C@@H](Nc1c(C#N)nnc2cc(-c3ccccc3OC(F)(F)F)ccc12)C1CC1. The first-order valence-electron chi connectivity index (χ1n) is 9.18. The number of para-hydroxylation sites is 1. The van der Waals surface area contributed by atoms with Crippen molar-refractivity contribution >= 4 is 16.6 Å². The van der Waals surface area contributed by atoms with E-state index in [1.807, 2.05) is 0 Å². The molecule has 0 radical (unpaired) electrons. The number of anilines is 1. The largest absolute Gasteiger partial charge is 0.573 e. The molecule has 1 saturated carbocycles. The molecule has 0 saturated heterocycles. The first kappa shape index (κ1) is 19.0. The van der Waals surface area contributed by atoms with Crippen LogP contribution in [0.3, 0.4) is 0 Å². The van der Waals surface area contributed by atoms with Crippen molar-refractivity contribution in [3.8, 4) is 22.9 Å². The Hall–Kier alpha value is -3.34. The topological polar surface area (TPSA) is 70.8 Å². The smallest absolute Gasteiger partial charge is 0.405 e. The van der Waals surface area contributed by atoms with E-state index in [2.05, 4.69) is 33.2 Å². The van der Waals surface area contributed by atoms with Crippen LogP contribution in [0.25, 0.3) is 22.0 Å². The van der Waals surface area contributed by atoms with Crippen LogP contribution in [0.1, 0.15) is 25.5 Å². The average Bonchev–Trinajstić information content (AvgIpc) is 3.52. The lowest BCUT2D eigenvalue weighted by molar-refractivity contribution is -0.274. The molecule has 148 valence electrons. The molecule has 1 N–H and O–H groups in total. The molecule has 0 bridgehead atoms. The minimum absolute atomic E-state index is 0.190. The van der Waals surface area contributed by atoms with Crippen LogP contribution >= 0.6 is 0 Å². The molecule has 2 aromatic carbocycles. The van der Waals surface area contributed by atoms with E-state index in [0.717, 1.165) is 12.8 Å². The Kier molecular flexibility index (Phi) is 4.74. The molecule has 0 unspecified atom stereocenters. The Morgan fingerprint density at radius 2 is 1.93 bits per heavy atom. The molecule has 4 rings (SSSR count). The van der Waals surface area contributed by atoms with Crippen LogP contribution in [-0.4, -0.2) is 22.6 Å². The van der Waals surface area contributed by atoms with Gasteiger partial charge in [0.25, 0.3) is 0 Å². The van der Waals surface area contributed by atoms with Gasteiger partial charge in [-0.2, -0.15) is 5.26 Å². The van der Waals surface area contributed by atoms with E-state index in [-0.39, 0.29) is 17.5 Å². The molecule has 0 amide bonds. The highest BCUT2D eigenvalue weighted by Gasteiger charge is 2.32. The number of hydrogen-bond acceptors (Lipinski definition) is 5. The Balaban J connectivity index is 1.77. The molecule has 1 aromatic heterocycles. The van der Waals surface area contributed by atoms with Crippen LogP contribution in [-0.2, 0) is 0 Å². The Morgan fingerprint density at radius 3 is 2.62 bits per heavy atom. The number of nitrogens with one attached hydrogen (secondary N) is 1. The average molecular weight is 398 g/mol. The Labute approximate surface area is 165 Å². The molecular weight excluding hydrogens is 381 g/mol. The van der Waals surface area contributed by atoms with Gasteiger partial charge in [-0.05, 0) is 49.4 Å². The fraction of sp³-hybridized carbons (Fsp3) is 0.286. The van der Waals surface area contributed by atoms with Gasteiger partial charge in [-0.25, -0.2) is 0 Å².